The smallest absolute Gasteiger partial charge is 0.338 e. The third kappa shape index (κ3) is 5.10. The topological polar surface area (TPSA) is 317 Å². The Labute approximate surface area is 306 Å². The highest BCUT2D eigenvalue weighted by atomic mass is 16.7. The Kier molecular flexibility index (Phi) is 7.41. The van der Waals surface area contributed by atoms with E-state index in [1.54, 1.807) is 0 Å². The summed E-state index contributed by atoms with van der Waals surface area (Å²) >= 11 is 0. The molecule has 0 fully saturated rings. The molecular weight excluding hydrogens is 732 g/mol. The fraction of sp³-hybridized carbons (Fsp3) is 0.162. The lowest BCUT2D eigenvalue weighted by atomic mass is 9.74. The van der Waals surface area contributed by atoms with Crippen LogP contribution in [-0.2, 0) is 16.9 Å². The minimum absolute atomic E-state index is 0.0518. The predicted octanol–water partition coefficient (Wildman–Crippen LogP) is 3.19. The number of carbonyl (C=O) groups excluding carboxylic acids is 1. The van der Waals surface area contributed by atoms with Crippen molar-refractivity contribution in [2.75, 3.05) is 0 Å². The van der Waals surface area contributed by atoms with Crippen molar-refractivity contribution >= 4 is 5.97 Å². The molecule has 3 heterocycles. The summed E-state index contributed by atoms with van der Waals surface area (Å²) in [5, 5.41) is 137. The number of carbonyl (C=O) groups is 1. The van der Waals surface area contributed by atoms with Gasteiger partial charge in [-0.05, 0) is 36.4 Å². The Balaban J connectivity index is 1.33. The molecule has 13 N–H and O–H groups in total. The molecule has 5 aromatic carbocycles. The highest BCUT2D eigenvalue weighted by Crippen LogP contribution is 2.63. The van der Waals surface area contributed by atoms with Gasteiger partial charge in [0.1, 0.15) is 46.7 Å². The number of aliphatic hydroxyl groups is 1. The zero-order valence-electron chi connectivity index (χ0n) is 27.6. The lowest BCUT2D eigenvalue weighted by molar-refractivity contribution is -0.219. The van der Waals surface area contributed by atoms with Crippen molar-refractivity contribution in [2.45, 2.75) is 36.4 Å². The van der Waals surface area contributed by atoms with Crippen molar-refractivity contribution in [3.05, 3.63) is 88.0 Å². The Bertz CT molecular complexity index is 2410. The van der Waals surface area contributed by atoms with Gasteiger partial charge in [-0.15, -0.1) is 0 Å². The number of benzene rings is 5. The molecule has 5 atom stereocenters. The standard InChI is InChI=1S/C37H28O18/c38-14-7-17(40)27-24(8-14)54-37(13-5-22(45)32(49)23(46)6-13)35(50)29(27)28-25(55-37)10-16(39)15-9-26(52-36(51)12-3-20(43)31(48)21(44)4-12)33(53-34(15)28)11-1-18(41)30(47)19(42)2-11/h1-8,10,26,29,33,35,38-50H,9H2/t26-,29-,33-,35?,37+/m1/s1. The summed E-state index contributed by atoms with van der Waals surface area (Å²) in [5.41, 5.74) is -1.03. The van der Waals surface area contributed by atoms with Crippen molar-refractivity contribution in [1.82, 2.24) is 0 Å². The zero-order chi connectivity index (χ0) is 39.4. The molecule has 0 aliphatic carbocycles. The average Bonchev–Trinajstić information content (AvgIpc) is 3.11. The van der Waals surface area contributed by atoms with E-state index in [1.807, 2.05) is 0 Å². The van der Waals surface area contributed by atoms with Crippen molar-refractivity contribution in [3.8, 4) is 86.2 Å². The molecule has 284 valence electrons. The number of hydrogen-bond acceptors (Lipinski definition) is 18. The predicted molar refractivity (Wildman–Crippen MR) is 179 cm³/mol. The quantitative estimate of drug-likeness (QED) is 0.0924. The summed E-state index contributed by atoms with van der Waals surface area (Å²) in [6.45, 7) is 0. The van der Waals surface area contributed by atoms with E-state index in [2.05, 4.69) is 0 Å². The van der Waals surface area contributed by atoms with Crippen LogP contribution >= 0.6 is 0 Å². The Morgan fingerprint density at radius 2 is 1.15 bits per heavy atom. The molecule has 5 aromatic rings. The average molecular weight is 761 g/mol. The Morgan fingerprint density at radius 3 is 1.73 bits per heavy atom. The summed E-state index contributed by atoms with van der Waals surface area (Å²) in [6.07, 6.45) is -5.31. The molecule has 3 aliphatic heterocycles. The zero-order valence-corrected chi connectivity index (χ0v) is 27.6. The van der Waals surface area contributed by atoms with Crippen molar-refractivity contribution < 1.29 is 90.1 Å². The molecule has 3 aliphatic rings. The van der Waals surface area contributed by atoms with Crippen molar-refractivity contribution in [3.63, 3.8) is 0 Å². The molecule has 1 unspecified atom stereocenters. The second-order valence-corrected chi connectivity index (χ2v) is 13.1. The van der Waals surface area contributed by atoms with Crippen molar-refractivity contribution in [2.24, 2.45) is 0 Å². The molecule has 55 heavy (non-hydrogen) atoms. The molecule has 0 saturated carbocycles. The van der Waals surface area contributed by atoms with E-state index in [0.29, 0.717) is 0 Å². The van der Waals surface area contributed by atoms with Gasteiger partial charge in [-0.25, -0.2) is 4.79 Å². The van der Waals surface area contributed by atoms with Crippen LogP contribution in [0.25, 0.3) is 0 Å². The lowest BCUT2D eigenvalue weighted by Gasteiger charge is -2.50. The lowest BCUT2D eigenvalue weighted by Crippen LogP contribution is -2.57. The number of aromatic hydroxyl groups is 12. The number of rotatable bonds is 4. The fourth-order valence-electron chi connectivity index (χ4n) is 7.24. The summed E-state index contributed by atoms with van der Waals surface area (Å²) in [5.74, 6) is -15.1. The monoisotopic (exact) mass is 760 g/mol. The first kappa shape index (κ1) is 34.6. The van der Waals surface area contributed by atoms with Crippen LogP contribution in [0.15, 0.2) is 54.6 Å². The van der Waals surface area contributed by atoms with Crippen LogP contribution in [0, 0.1) is 0 Å². The number of aliphatic hydroxyl groups excluding tert-OH is 1. The molecule has 8 rings (SSSR count). The fourth-order valence-corrected chi connectivity index (χ4v) is 7.24. The van der Waals surface area contributed by atoms with Gasteiger partial charge in [0.15, 0.2) is 57.8 Å². The third-order valence-corrected chi connectivity index (χ3v) is 9.76. The number of phenols is 12. The number of hydrogen-bond donors (Lipinski definition) is 13. The maximum absolute atomic E-state index is 13.4. The molecule has 0 amide bonds. The minimum atomic E-state index is -2.41. The van der Waals surface area contributed by atoms with Gasteiger partial charge in [0.25, 0.3) is 0 Å². The minimum Gasteiger partial charge on any atom is -0.508 e. The van der Waals surface area contributed by atoms with Crippen LogP contribution < -0.4 is 14.2 Å². The molecule has 2 bridgehead atoms. The van der Waals surface area contributed by atoms with Gasteiger partial charge in [0.05, 0.1) is 11.5 Å². The summed E-state index contributed by atoms with van der Waals surface area (Å²) in [6, 6.07) is 8.57. The maximum Gasteiger partial charge on any atom is 0.338 e. The van der Waals surface area contributed by atoms with Crippen LogP contribution in [0.2, 0.25) is 0 Å². The van der Waals surface area contributed by atoms with E-state index in [9.17, 15) is 71.2 Å². The van der Waals surface area contributed by atoms with Gasteiger partial charge in [0.2, 0.25) is 0 Å². The van der Waals surface area contributed by atoms with E-state index in [1.165, 1.54) is 0 Å². The number of fused-ring (bicyclic) bond motifs is 8. The molecule has 0 radical (unpaired) electrons. The molecule has 0 saturated heterocycles. The third-order valence-electron chi connectivity index (χ3n) is 9.76. The summed E-state index contributed by atoms with van der Waals surface area (Å²) < 4.78 is 24.5. The first-order valence-electron chi connectivity index (χ1n) is 16.1. The van der Waals surface area contributed by atoms with E-state index >= 15 is 0 Å². The maximum atomic E-state index is 13.4. The van der Waals surface area contributed by atoms with Crippen LogP contribution in [0.4, 0.5) is 0 Å². The number of esters is 1. The van der Waals surface area contributed by atoms with E-state index in [-0.39, 0.29) is 45.1 Å². The van der Waals surface area contributed by atoms with Gasteiger partial charge in [-0.3, -0.25) is 0 Å². The molecule has 18 nitrogen and oxygen atoms in total. The number of ether oxygens (including phenoxy) is 4. The highest BCUT2D eigenvalue weighted by molar-refractivity contribution is 5.91. The Morgan fingerprint density at radius 1 is 0.618 bits per heavy atom. The first-order chi connectivity index (χ1) is 26.0. The second kappa shape index (κ2) is 11.8. The van der Waals surface area contributed by atoms with E-state index in [4.69, 9.17) is 18.9 Å². The molecular formula is C37H28O18. The van der Waals surface area contributed by atoms with Crippen LogP contribution in [0.1, 0.15) is 50.2 Å². The normalized spacial score (nSPS) is 21.8. The molecule has 18 heteroatoms. The summed E-state index contributed by atoms with van der Waals surface area (Å²) in [7, 11) is 0. The van der Waals surface area contributed by atoms with Gasteiger partial charge in [-0.1, -0.05) is 0 Å². The van der Waals surface area contributed by atoms with Gasteiger partial charge in [0, 0.05) is 52.4 Å². The molecule has 0 spiro atoms. The Hall–Kier alpha value is -7.47. The van der Waals surface area contributed by atoms with Crippen molar-refractivity contribution in [1.29, 1.82) is 0 Å². The van der Waals surface area contributed by atoms with Crippen LogP contribution in [0.3, 0.4) is 0 Å². The van der Waals surface area contributed by atoms with E-state index < -0.39 is 117 Å². The largest absolute Gasteiger partial charge is 0.508 e. The molecule has 0 aromatic heterocycles. The van der Waals surface area contributed by atoms with Gasteiger partial charge < -0.3 is 85.3 Å². The van der Waals surface area contributed by atoms with Crippen LogP contribution in [-0.4, -0.2) is 84.6 Å². The van der Waals surface area contributed by atoms with Gasteiger partial charge >= 0.3 is 11.8 Å². The summed E-state index contributed by atoms with van der Waals surface area (Å²) in [4.78, 5) is 13.4. The van der Waals surface area contributed by atoms with E-state index in [0.717, 1.165) is 54.6 Å². The first-order valence-corrected chi connectivity index (χ1v) is 16.1. The van der Waals surface area contributed by atoms with Gasteiger partial charge in [-0.2, -0.15) is 0 Å². The van der Waals surface area contributed by atoms with Crippen LogP contribution in [0.5, 0.6) is 86.2 Å². The SMILES string of the molecule is O=C(O[C@@H]1Cc2c(O)cc3c(c2O[C@@H]1c1cc(O)c(O)c(O)c1)[C@H]1c2c(O)cc(O)cc2O[C@@](c2cc(O)c(O)c(O)c2)(O3)C1O)c1cc(O)c(O)c(O)c1. The second-order valence-electron chi connectivity index (χ2n) is 13.1. The number of phenolic OH excluding ortho intramolecular Hbond substituents is 12. The highest BCUT2D eigenvalue weighted by Gasteiger charge is 2.60.